The third-order valence-corrected chi connectivity index (χ3v) is 10.1. The first-order chi connectivity index (χ1) is 21.8. The molecule has 0 N–H and O–H groups in total. The zero-order valence-electron chi connectivity index (χ0n) is 23.9. The highest BCUT2D eigenvalue weighted by molar-refractivity contribution is 7.26. The fraction of sp³-hybridized carbons (Fsp3) is 0. The van der Waals surface area contributed by atoms with E-state index in [9.17, 15) is 0 Å². The molecule has 0 fully saturated rings. The Balaban J connectivity index is 1.24. The summed E-state index contributed by atoms with van der Waals surface area (Å²) in [4.78, 5) is 0. The minimum Gasteiger partial charge on any atom is -0.309 e. The van der Waals surface area contributed by atoms with E-state index in [0.29, 0.717) is 0 Å². The summed E-state index contributed by atoms with van der Waals surface area (Å²) in [5.74, 6) is 0. The average molecular weight is 578 g/mol. The van der Waals surface area contributed by atoms with Crippen LogP contribution in [0.3, 0.4) is 0 Å². The Hall–Kier alpha value is -5.44. The minimum atomic E-state index is 1.17. The van der Waals surface area contributed by atoms with E-state index in [1.54, 1.807) is 0 Å². The second kappa shape index (κ2) is 10.1. The summed E-state index contributed by atoms with van der Waals surface area (Å²) in [6, 6.07) is 59.5. The SMILES string of the molecule is c1ccc(-c2cccc3c2sc2c(-c4ccccc4-c4cccc(-n5c6ccccc6c6ccccc65)c4)cccc23)cc1. The molecule has 0 amide bonds. The molecule has 0 saturated carbocycles. The van der Waals surface area contributed by atoms with E-state index in [1.165, 1.54) is 81.0 Å². The first kappa shape index (κ1) is 25.1. The van der Waals surface area contributed by atoms with E-state index < -0.39 is 0 Å². The molecule has 2 heterocycles. The number of fused-ring (bicyclic) bond motifs is 6. The summed E-state index contributed by atoms with van der Waals surface area (Å²) in [6.07, 6.45) is 0. The largest absolute Gasteiger partial charge is 0.309 e. The predicted octanol–water partition coefficient (Wildman–Crippen LogP) is 12.2. The summed E-state index contributed by atoms with van der Waals surface area (Å²) >= 11 is 1.91. The van der Waals surface area contributed by atoms with Crippen molar-refractivity contribution < 1.29 is 0 Å². The van der Waals surface area contributed by atoms with Gasteiger partial charge in [0.2, 0.25) is 0 Å². The molecular weight excluding hydrogens is 551 g/mol. The zero-order chi connectivity index (χ0) is 29.0. The van der Waals surface area contributed by atoms with Crippen molar-refractivity contribution in [1.29, 1.82) is 0 Å². The maximum atomic E-state index is 2.40. The van der Waals surface area contributed by atoms with Crippen molar-refractivity contribution in [3.63, 3.8) is 0 Å². The first-order valence-electron chi connectivity index (χ1n) is 15.0. The van der Waals surface area contributed by atoms with Crippen molar-refractivity contribution in [2.75, 3.05) is 0 Å². The van der Waals surface area contributed by atoms with Gasteiger partial charge < -0.3 is 4.57 Å². The average Bonchev–Trinajstić information content (AvgIpc) is 3.65. The molecule has 0 aliphatic heterocycles. The van der Waals surface area contributed by atoms with Crippen LogP contribution < -0.4 is 0 Å². The lowest BCUT2D eigenvalue weighted by molar-refractivity contribution is 1.18. The molecule has 1 nitrogen and oxygen atoms in total. The molecule has 2 heteroatoms. The Morgan fingerprint density at radius 3 is 1.57 bits per heavy atom. The molecule has 2 aromatic heterocycles. The van der Waals surface area contributed by atoms with E-state index in [2.05, 4.69) is 168 Å². The molecule has 0 radical (unpaired) electrons. The molecule has 0 spiro atoms. The van der Waals surface area contributed by atoms with Crippen LogP contribution in [0.4, 0.5) is 0 Å². The maximum absolute atomic E-state index is 2.40. The van der Waals surface area contributed by atoms with Gasteiger partial charge in [0.1, 0.15) is 0 Å². The Morgan fingerprint density at radius 1 is 0.341 bits per heavy atom. The third-order valence-electron chi connectivity index (χ3n) is 8.82. The van der Waals surface area contributed by atoms with Gasteiger partial charge in [-0.3, -0.25) is 0 Å². The zero-order valence-corrected chi connectivity index (χ0v) is 24.8. The molecule has 0 aliphatic carbocycles. The van der Waals surface area contributed by atoms with Gasteiger partial charge in [-0.15, -0.1) is 11.3 Å². The Morgan fingerprint density at radius 2 is 0.841 bits per heavy atom. The maximum Gasteiger partial charge on any atom is 0.0541 e. The van der Waals surface area contributed by atoms with Crippen LogP contribution in [0.25, 0.3) is 81.0 Å². The van der Waals surface area contributed by atoms with Gasteiger partial charge in [-0.05, 0) is 52.1 Å². The number of aromatic nitrogens is 1. The first-order valence-corrected chi connectivity index (χ1v) is 15.8. The molecule has 44 heavy (non-hydrogen) atoms. The number of nitrogens with zero attached hydrogens (tertiary/aromatic N) is 1. The van der Waals surface area contributed by atoms with E-state index in [-0.39, 0.29) is 0 Å². The van der Waals surface area contributed by atoms with E-state index >= 15 is 0 Å². The summed E-state index contributed by atoms with van der Waals surface area (Å²) in [5.41, 5.74) is 11.2. The van der Waals surface area contributed by atoms with E-state index in [1.807, 2.05) is 11.3 Å². The van der Waals surface area contributed by atoms with Gasteiger partial charge in [0.05, 0.1) is 11.0 Å². The second-order valence-corrected chi connectivity index (χ2v) is 12.3. The molecule has 0 unspecified atom stereocenters. The monoisotopic (exact) mass is 577 g/mol. The molecule has 9 rings (SSSR count). The Kier molecular flexibility index (Phi) is 5.75. The minimum absolute atomic E-state index is 1.17. The third kappa shape index (κ3) is 3.85. The van der Waals surface area contributed by atoms with Gasteiger partial charge in [-0.25, -0.2) is 0 Å². The van der Waals surface area contributed by atoms with Crippen molar-refractivity contribution in [1.82, 2.24) is 4.57 Å². The van der Waals surface area contributed by atoms with Crippen molar-refractivity contribution in [2.24, 2.45) is 0 Å². The lowest BCUT2D eigenvalue weighted by atomic mass is 9.93. The fourth-order valence-electron chi connectivity index (χ4n) is 6.86. The molecule has 0 aliphatic rings. The van der Waals surface area contributed by atoms with Crippen molar-refractivity contribution in [3.8, 4) is 39.1 Å². The number of hydrogen-bond donors (Lipinski definition) is 0. The standard InChI is InChI=1S/C42H27NS/c1-2-13-28(14-3-1)32-21-11-23-37-38-24-12-22-36(42(38)44-41(32)37)33-18-5-4-17-31(33)29-15-10-16-30(27-29)43-39-25-8-6-19-34(39)35-20-7-9-26-40(35)43/h1-27H. The predicted molar refractivity (Wildman–Crippen MR) is 190 cm³/mol. The summed E-state index contributed by atoms with van der Waals surface area (Å²) < 4.78 is 5.07. The molecule has 7 aromatic carbocycles. The van der Waals surface area contributed by atoms with Gasteiger partial charge in [0, 0.05) is 42.2 Å². The van der Waals surface area contributed by atoms with Crippen LogP contribution in [0.5, 0.6) is 0 Å². The highest BCUT2D eigenvalue weighted by Gasteiger charge is 2.17. The molecule has 9 aromatic rings. The van der Waals surface area contributed by atoms with Crippen LogP contribution in [0.15, 0.2) is 164 Å². The normalized spacial score (nSPS) is 11.6. The van der Waals surface area contributed by atoms with Gasteiger partial charge in [-0.2, -0.15) is 0 Å². The summed E-state index contributed by atoms with van der Waals surface area (Å²) in [5, 5.41) is 5.19. The number of rotatable bonds is 4. The number of thiophene rings is 1. The van der Waals surface area contributed by atoms with Crippen LogP contribution in [0, 0.1) is 0 Å². The molecule has 0 bridgehead atoms. The summed E-state index contributed by atoms with van der Waals surface area (Å²) in [6.45, 7) is 0. The lowest BCUT2D eigenvalue weighted by Crippen LogP contribution is -1.94. The molecular formula is C42H27NS. The van der Waals surface area contributed by atoms with Crippen molar-refractivity contribution >= 4 is 53.3 Å². The van der Waals surface area contributed by atoms with Gasteiger partial charge in [0.15, 0.2) is 0 Å². The molecule has 0 saturated heterocycles. The molecule has 206 valence electrons. The van der Waals surface area contributed by atoms with E-state index in [0.717, 1.165) is 0 Å². The molecule has 0 atom stereocenters. The highest BCUT2D eigenvalue weighted by atomic mass is 32.1. The number of benzene rings is 7. The fourth-order valence-corrected chi connectivity index (χ4v) is 8.22. The van der Waals surface area contributed by atoms with Crippen molar-refractivity contribution in [3.05, 3.63) is 164 Å². The highest BCUT2D eigenvalue weighted by Crippen LogP contribution is 2.45. The van der Waals surface area contributed by atoms with Crippen LogP contribution in [0.1, 0.15) is 0 Å². The van der Waals surface area contributed by atoms with Gasteiger partial charge >= 0.3 is 0 Å². The Bertz CT molecular complexity index is 2440. The van der Waals surface area contributed by atoms with Gasteiger partial charge in [0.25, 0.3) is 0 Å². The van der Waals surface area contributed by atoms with E-state index in [4.69, 9.17) is 0 Å². The lowest BCUT2D eigenvalue weighted by Gasteiger charge is -2.14. The Labute approximate surface area is 259 Å². The van der Waals surface area contributed by atoms with Crippen LogP contribution in [-0.4, -0.2) is 4.57 Å². The van der Waals surface area contributed by atoms with Crippen molar-refractivity contribution in [2.45, 2.75) is 0 Å². The van der Waals surface area contributed by atoms with Crippen LogP contribution in [0.2, 0.25) is 0 Å². The second-order valence-electron chi connectivity index (χ2n) is 11.3. The van der Waals surface area contributed by atoms with Crippen LogP contribution in [-0.2, 0) is 0 Å². The van der Waals surface area contributed by atoms with Gasteiger partial charge in [-0.1, -0.05) is 140 Å². The number of para-hydroxylation sites is 2. The van der Waals surface area contributed by atoms with Crippen LogP contribution >= 0.6 is 11.3 Å². The summed E-state index contributed by atoms with van der Waals surface area (Å²) in [7, 11) is 0. The quantitative estimate of drug-likeness (QED) is 0.196. The smallest absolute Gasteiger partial charge is 0.0541 e. The topological polar surface area (TPSA) is 4.93 Å². The number of hydrogen-bond acceptors (Lipinski definition) is 1.